The van der Waals surface area contributed by atoms with Crippen LogP contribution < -0.4 is 0 Å². The van der Waals surface area contributed by atoms with E-state index in [2.05, 4.69) is 17.1 Å². The number of piperidine rings is 1. The first-order valence-corrected chi connectivity index (χ1v) is 8.69. The van der Waals surface area contributed by atoms with Crippen LogP contribution in [0.3, 0.4) is 0 Å². The van der Waals surface area contributed by atoms with Gasteiger partial charge >= 0.3 is 0 Å². The van der Waals surface area contributed by atoms with Crippen molar-refractivity contribution in [2.75, 3.05) is 26.8 Å². The van der Waals surface area contributed by atoms with E-state index in [1.165, 1.54) is 0 Å². The van der Waals surface area contributed by atoms with Crippen LogP contribution in [-0.2, 0) is 15.9 Å². The molecule has 6 nitrogen and oxygen atoms in total. The molecule has 1 N–H and O–H groups in total. The largest absolute Gasteiger partial charge is 0.378 e. The van der Waals surface area contributed by atoms with E-state index in [-0.39, 0.29) is 17.6 Å². The molecule has 6 heteroatoms. The number of likely N-dealkylation sites (tertiary alicyclic amines) is 1. The van der Waals surface area contributed by atoms with Crippen molar-refractivity contribution in [1.29, 1.82) is 0 Å². The highest BCUT2D eigenvalue weighted by Gasteiger charge is 2.45. The molecule has 2 fully saturated rings. The zero-order valence-corrected chi connectivity index (χ0v) is 14.1. The summed E-state index contributed by atoms with van der Waals surface area (Å²) in [6, 6.07) is 1.88. The van der Waals surface area contributed by atoms with Gasteiger partial charge in [-0.15, -0.1) is 0 Å². The number of rotatable bonds is 4. The molecule has 23 heavy (non-hydrogen) atoms. The fourth-order valence-corrected chi connectivity index (χ4v) is 3.82. The van der Waals surface area contributed by atoms with Crippen molar-refractivity contribution in [3.05, 3.63) is 17.5 Å². The number of aryl methyl sites for hydroxylation is 1. The molecule has 2 aliphatic heterocycles. The second kappa shape index (κ2) is 7.01. The van der Waals surface area contributed by atoms with Crippen molar-refractivity contribution in [3.63, 3.8) is 0 Å². The third kappa shape index (κ3) is 3.28. The van der Waals surface area contributed by atoms with Gasteiger partial charge in [0.25, 0.3) is 5.91 Å². The summed E-state index contributed by atoms with van der Waals surface area (Å²) in [4.78, 5) is 14.5. The molecule has 0 aliphatic carbocycles. The monoisotopic (exact) mass is 321 g/mol. The number of ether oxygens (including phenoxy) is 2. The summed E-state index contributed by atoms with van der Waals surface area (Å²) in [7, 11) is 1.76. The second-order valence-corrected chi connectivity index (χ2v) is 6.60. The molecule has 1 aromatic rings. The lowest BCUT2D eigenvalue weighted by molar-refractivity contribution is -0.183. The molecule has 3 rings (SSSR count). The molecular formula is C17H27N3O3. The first-order valence-electron chi connectivity index (χ1n) is 8.69. The number of carbonyl (C=O) groups excluding carboxylic acids is 1. The molecular weight excluding hydrogens is 294 g/mol. The van der Waals surface area contributed by atoms with Gasteiger partial charge in [0.2, 0.25) is 0 Å². The number of hydrogen-bond donors (Lipinski definition) is 1. The Morgan fingerprint density at radius 1 is 1.52 bits per heavy atom. The SMILES string of the molecule is CCCc1cc(C(=O)N2CCC3(CC2)OCCC[C@@H]3OC)n[nH]1. The average Bonchev–Trinajstić information content (AvgIpc) is 3.04. The molecule has 1 aromatic heterocycles. The summed E-state index contributed by atoms with van der Waals surface area (Å²) in [5.41, 5.74) is 1.35. The number of aromatic amines is 1. The Hall–Kier alpha value is -1.40. The van der Waals surface area contributed by atoms with Gasteiger partial charge in [-0.2, -0.15) is 5.10 Å². The van der Waals surface area contributed by atoms with Crippen LogP contribution in [0, 0.1) is 0 Å². The maximum Gasteiger partial charge on any atom is 0.274 e. The Morgan fingerprint density at radius 3 is 3.00 bits per heavy atom. The van der Waals surface area contributed by atoms with E-state index in [1.807, 2.05) is 11.0 Å². The lowest BCUT2D eigenvalue weighted by atomic mass is 9.82. The number of nitrogens with zero attached hydrogens (tertiary/aromatic N) is 2. The van der Waals surface area contributed by atoms with Crippen LogP contribution in [0.15, 0.2) is 6.07 Å². The van der Waals surface area contributed by atoms with E-state index in [9.17, 15) is 4.79 Å². The molecule has 0 unspecified atom stereocenters. The van der Waals surface area contributed by atoms with Gasteiger partial charge in [-0.25, -0.2) is 0 Å². The number of hydrogen-bond acceptors (Lipinski definition) is 4. The molecule has 0 aromatic carbocycles. The van der Waals surface area contributed by atoms with Gasteiger partial charge in [-0.3, -0.25) is 9.89 Å². The molecule has 0 bridgehead atoms. The van der Waals surface area contributed by atoms with Crippen molar-refractivity contribution >= 4 is 5.91 Å². The Morgan fingerprint density at radius 2 is 2.30 bits per heavy atom. The maximum atomic E-state index is 12.6. The van der Waals surface area contributed by atoms with Crippen molar-refractivity contribution in [2.24, 2.45) is 0 Å². The van der Waals surface area contributed by atoms with E-state index in [4.69, 9.17) is 9.47 Å². The fourth-order valence-electron chi connectivity index (χ4n) is 3.82. The van der Waals surface area contributed by atoms with E-state index >= 15 is 0 Å². The number of nitrogens with one attached hydrogen (secondary N) is 1. The Kier molecular flexibility index (Phi) is 5.02. The Labute approximate surface area is 137 Å². The minimum absolute atomic E-state index is 0.0169. The minimum Gasteiger partial charge on any atom is -0.378 e. The van der Waals surface area contributed by atoms with Gasteiger partial charge in [0, 0.05) is 32.5 Å². The van der Waals surface area contributed by atoms with Crippen LogP contribution in [0.1, 0.15) is 55.2 Å². The van der Waals surface area contributed by atoms with Gasteiger partial charge in [0.15, 0.2) is 0 Å². The summed E-state index contributed by atoms with van der Waals surface area (Å²) in [5.74, 6) is 0.0169. The average molecular weight is 321 g/mol. The number of methoxy groups -OCH3 is 1. The van der Waals surface area contributed by atoms with Crippen LogP contribution in [0.2, 0.25) is 0 Å². The quantitative estimate of drug-likeness (QED) is 0.923. The lowest BCUT2D eigenvalue weighted by Crippen LogP contribution is -2.56. The standard InChI is InChI=1S/C17H27N3O3/c1-3-5-13-12-14(19-18-13)16(21)20-9-7-17(8-10-20)15(22-2)6-4-11-23-17/h12,15H,3-11H2,1-2H3,(H,18,19)/t15-/m0/s1. The molecule has 2 saturated heterocycles. The van der Waals surface area contributed by atoms with Crippen LogP contribution in [0.5, 0.6) is 0 Å². The summed E-state index contributed by atoms with van der Waals surface area (Å²) in [6.45, 7) is 4.32. The highest BCUT2D eigenvalue weighted by Crippen LogP contribution is 2.37. The van der Waals surface area contributed by atoms with Crippen molar-refractivity contribution in [1.82, 2.24) is 15.1 Å². The highest BCUT2D eigenvalue weighted by molar-refractivity contribution is 5.92. The van der Waals surface area contributed by atoms with Gasteiger partial charge < -0.3 is 14.4 Å². The van der Waals surface area contributed by atoms with Crippen molar-refractivity contribution < 1.29 is 14.3 Å². The van der Waals surface area contributed by atoms with Crippen molar-refractivity contribution in [3.8, 4) is 0 Å². The molecule has 1 atom stereocenters. The normalized spacial score (nSPS) is 24.1. The maximum absolute atomic E-state index is 12.6. The smallest absolute Gasteiger partial charge is 0.274 e. The van der Waals surface area contributed by atoms with Gasteiger partial charge in [-0.05, 0) is 38.2 Å². The summed E-state index contributed by atoms with van der Waals surface area (Å²) < 4.78 is 11.7. The molecule has 0 saturated carbocycles. The molecule has 128 valence electrons. The molecule has 1 amide bonds. The van der Waals surface area contributed by atoms with Crippen molar-refractivity contribution in [2.45, 2.75) is 57.2 Å². The predicted octanol–water partition coefficient (Wildman–Crippen LogP) is 2.16. The molecule has 2 aliphatic rings. The summed E-state index contributed by atoms with van der Waals surface area (Å²) >= 11 is 0. The zero-order chi connectivity index (χ0) is 16.3. The molecule has 0 radical (unpaired) electrons. The van der Waals surface area contributed by atoms with Gasteiger partial charge in [0.1, 0.15) is 5.69 Å². The van der Waals surface area contributed by atoms with E-state index in [1.54, 1.807) is 7.11 Å². The summed E-state index contributed by atoms with van der Waals surface area (Å²) in [5, 5.41) is 7.13. The third-order valence-corrected chi connectivity index (χ3v) is 5.14. The predicted molar refractivity (Wildman–Crippen MR) is 86.4 cm³/mol. The Bertz CT molecular complexity index is 535. The molecule has 3 heterocycles. The highest BCUT2D eigenvalue weighted by atomic mass is 16.5. The zero-order valence-electron chi connectivity index (χ0n) is 14.1. The first kappa shape index (κ1) is 16.5. The van der Waals surface area contributed by atoms with Crippen LogP contribution >= 0.6 is 0 Å². The topological polar surface area (TPSA) is 67.5 Å². The first-order chi connectivity index (χ1) is 11.2. The summed E-state index contributed by atoms with van der Waals surface area (Å²) in [6.07, 6.45) is 5.88. The van der Waals surface area contributed by atoms with E-state index < -0.39 is 0 Å². The third-order valence-electron chi connectivity index (χ3n) is 5.14. The Balaban J connectivity index is 1.62. The van der Waals surface area contributed by atoms with Gasteiger partial charge in [-0.1, -0.05) is 13.3 Å². The number of amides is 1. The lowest BCUT2D eigenvalue weighted by Gasteiger charge is -2.47. The number of carbonyl (C=O) groups is 1. The van der Waals surface area contributed by atoms with Crippen LogP contribution in [-0.4, -0.2) is 59.5 Å². The molecule has 1 spiro atoms. The fraction of sp³-hybridized carbons (Fsp3) is 0.765. The van der Waals surface area contributed by atoms with E-state index in [0.29, 0.717) is 18.8 Å². The van der Waals surface area contributed by atoms with E-state index in [0.717, 1.165) is 50.8 Å². The van der Waals surface area contributed by atoms with Crippen LogP contribution in [0.4, 0.5) is 0 Å². The number of aromatic nitrogens is 2. The second-order valence-electron chi connectivity index (χ2n) is 6.60. The van der Waals surface area contributed by atoms with Crippen LogP contribution in [0.25, 0.3) is 0 Å². The minimum atomic E-state index is -0.206. The van der Waals surface area contributed by atoms with Gasteiger partial charge in [0.05, 0.1) is 11.7 Å². The number of H-pyrrole nitrogens is 1.